The van der Waals surface area contributed by atoms with Gasteiger partial charge >= 0.3 is 0 Å². The fourth-order valence-electron chi connectivity index (χ4n) is 0.835. The zero-order valence-electron chi connectivity index (χ0n) is 6.70. The molecule has 3 heteroatoms. The van der Waals surface area contributed by atoms with E-state index in [9.17, 15) is 0 Å². The molecule has 0 aliphatic heterocycles. The van der Waals surface area contributed by atoms with E-state index in [1.807, 2.05) is 37.2 Å². The lowest BCUT2D eigenvalue weighted by molar-refractivity contribution is 0.823. The zero-order valence-corrected chi connectivity index (χ0v) is 6.70. The Morgan fingerprint density at radius 3 is 2.91 bits per heavy atom. The van der Waals surface area contributed by atoms with Gasteiger partial charge in [-0.3, -0.25) is 0 Å². The summed E-state index contributed by atoms with van der Waals surface area (Å²) in [4.78, 5) is 4.92. The van der Waals surface area contributed by atoms with Gasteiger partial charge in [-0.15, -0.1) is 0 Å². The molecule has 0 aliphatic rings. The minimum absolute atomic E-state index is 0.0892. The molecule has 0 radical (unpaired) electrons. The van der Waals surface area contributed by atoms with Gasteiger partial charge in [0.15, 0.2) is 0 Å². The Bertz CT molecular complexity index is 245. The third-order valence-electron chi connectivity index (χ3n) is 1.73. The lowest BCUT2D eigenvalue weighted by atomic mass is 10.3. The molecule has 0 spiro atoms. The molecule has 0 amide bonds. The fraction of sp³-hybridized carbons (Fsp3) is 0.375. The molecule has 11 heavy (non-hydrogen) atoms. The van der Waals surface area contributed by atoms with Gasteiger partial charge in [-0.25, -0.2) is 0 Å². The van der Waals surface area contributed by atoms with Crippen molar-refractivity contribution in [2.24, 2.45) is 0 Å². The highest BCUT2D eigenvalue weighted by molar-refractivity contribution is 5.40. The summed E-state index contributed by atoms with van der Waals surface area (Å²) < 4.78 is 0. The average Bonchev–Trinajstić information content (AvgIpc) is 2.53. The van der Waals surface area contributed by atoms with Crippen molar-refractivity contribution < 1.29 is 0 Å². The maximum atomic E-state index is 8.60. The van der Waals surface area contributed by atoms with Gasteiger partial charge in [-0.1, -0.05) is 0 Å². The third kappa shape index (κ3) is 1.53. The summed E-state index contributed by atoms with van der Waals surface area (Å²) >= 11 is 0. The van der Waals surface area contributed by atoms with E-state index < -0.39 is 0 Å². The normalized spacial score (nSPS) is 12.1. The topological polar surface area (TPSA) is 42.8 Å². The second-order valence-electron chi connectivity index (χ2n) is 2.47. The number of nitriles is 1. The summed E-state index contributed by atoms with van der Waals surface area (Å²) in [5, 5.41) is 8.60. The first-order chi connectivity index (χ1) is 5.25. The summed E-state index contributed by atoms with van der Waals surface area (Å²) in [7, 11) is 1.89. The van der Waals surface area contributed by atoms with Gasteiger partial charge in [0.25, 0.3) is 0 Å². The molecule has 0 fully saturated rings. The number of hydrogen-bond donors (Lipinski definition) is 1. The lowest BCUT2D eigenvalue weighted by Crippen LogP contribution is -2.27. The fourth-order valence-corrected chi connectivity index (χ4v) is 0.835. The molecule has 58 valence electrons. The number of nitrogens with one attached hydrogen (secondary N) is 1. The van der Waals surface area contributed by atoms with Crippen molar-refractivity contribution in [2.45, 2.75) is 13.0 Å². The summed E-state index contributed by atoms with van der Waals surface area (Å²) in [6.45, 7) is 1.86. The monoisotopic (exact) mass is 149 g/mol. The summed E-state index contributed by atoms with van der Waals surface area (Å²) in [5.74, 6) is 0.971. The Balaban J connectivity index is 2.71. The molecule has 1 atom stereocenters. The van der Waals surface area contributed by atoms with E-state index in [0.29, 0.717) is 0 Å². The number of rotatable bonds is 2. The van der Waals surface area contributed by atoms with Gasteiger partial charge in [-0.2, -0.15) is 5.26 Å². The predicted molar refractivity (Wildman–Crippen MR) is 44.3 cm³/mol. The van der Waals surface area contributed by atoms with Crippen molar-refractivity contribution in [1.82, 2.24) is 4.98 Å². The highest BCUT2D eigenvalue weighted by Crippen LogP contribution is 2.10. The quantitative estimate of drug-likeness (QED) is 0.690. The van der Waals surface area contributed by atoms with Crippen molar-refractivity contribution in [2.75, 3.05) is 11.9 Å². The van der Waals surface area contributed by atoms with Crippen LogP contribution in [0.2, 0.25) is 0 Å². The highest BCUT2D eigenvalue weighted by Gasteiger charge is 2.07. The van der Waals surface area contributed by atoms with Crippen LogP contribution in [-0.4, -0.2) is 18.1 Å². The smallest absolute Gasteiger partial charge is 0.114 e. The molecule has 1 N–H and O–H groups in total. The average molecular weight is 149 g/mol. The van der Waals surface area contributed by atoms with Gasteiger partial charge in [-0.05, 0) is 19.1 Å². The molecule has 3 nitrogen and oxygen atoms in total. The number of aromatic amines is 1. The van der Waals surface area contributed by atoms with Gasteiger partial charge in [0.1, 0.15) is 11.9 Å². The Hall–Kier alpha value is -1.43. The maximum Gasteiger partial charge on any atom is 0.114 e. The van der Waals surface area contributed by atoms with Crippen LogP contribution in [0, 0.1) is 11.3 Å². The standard InChI is InChI=1S/C8H11N3/c1-7(6-9)11(2)8-4-3-5-10-8/h3-5,7,10H,1-2H3. The molecule has 0 saturated heterocycles. The number of H-pyrrole nitrogens is 1. The number of aromatic nitrogens is 1. The second-order valence-corrected chi connectivity index (χ2v) is 2.47. The predicted octanol–water partition coefficient (Wildman–Crippen LogP) is 1.36. The van der Waals surface area contributed by atoms with Crippen molar-refractivity contribution in [3.05, 3.63) is 18.3 Å². The zero-order chi connectivity index (χ0) is 8.27. The molecule has 1 aromatic heterocycles. The first-order valence-corrected chi connectivity index (χ1v) is 3.51. The Morgan fingerprint density at radius 1 is 1.73 bits per heavy atom. The minimum atomic E-state index is -0.0892. The number of nitrogens with zero attached hydrogens (tertiary/aromatic N) is 2. The van der Waals surface area contributed by atoms with Gasteiger partial charge in [0.05, 0.1) is 6.07 Å². The van der Waals surface area contributed by atoms with Crippen molar-refractivity contribution in [3.63, 3.8) is 0 Å². The van der Waals surface area contributed by atoms with Crippen molar-refractivity contribution in [1.29, 1.82) is 5.26 Å². The van der Waals surface area contributed by atoms with Crippen LogP contribution in [0.5, 0.6) is 0 Å². The van der Waals surface area contributed by atoms with Crippen LogP contribution in [0.4, 0.5) is 5.82 Å². The Kier molecular flexibility index (Phi) is 2.17. The molecule has 0 saturated carbocycles. The maximum absolute atomic E-state index is 8.60. The van der Waals surface area contributed by atoms with E-state index >= 15 is 0 Å². The number of anilines is 1. The van der Waals surface area contributed by atoms with E-state index in [1.165, 1.54) is 0 Å². The summed E-state index contributed by atoms with van der Waals surface area (Å²) in [6, 6.07) is 5.92. The Morgan fingerprint density at radius 2 is 2.45 bits per heavy atom. The van der Waals surface area contributed by atoms with Crippen LogP contribution < -0.4 is 4.90 Å². The largest absolute Gasteiger partial charge is 0.348 e. The Labute approximate surface area is 66.3 Å². The third-order valence-corrected chi connectivity index (χ3v) is 1.73. The second kappa shape index (κ2) is 3.11. The van der Waals surface area contributed by atoms with Gasteiger partial charge in [0.2, 0.25) is 0 Å². The summed E-state index contributed by atoms with van der Waals surface area (Å²) in [6.07, 6.45) is 1.84. The summed E-state index contributed by atoms with van der Waals surface area (Å²) in [5.41, 5.74) is 0. The molecule has 1 aromatic rings. The van der Waals surface area contributed by atoms with Crippen LogP contribution in [-0.2, 0) is 0 Å². The van der Waals surface area contributed by atoms with E-state index in [-0.39, 0.29) is 6.04 Å². The van der Waals surface area contributed by atoms with Crippen molar-refractivity contribution in [3.8, 4) is 6.07 Å². The molecule has 1 unspecified atom stereocenters. The first kappa shape index (κ1) is 7.67. The molecule has 0 aromatic carbocycles. The van der Waals surface area contributed by atoms with Crippen LogP contribution >= 0.6 is 0 Å². The lowest BCUT2D eigenvalue weighted by Gasteiger charge is -2.19. The van der Waals surface area contributed by atoms with E-state index in [2.05, 4.69) is 11.1 Å². The van der Waals surface area contributed by atoms with E-state index in [0.717, 1.165) is 5.82 Å². The molecule has 0 bridgehead atoms. The van der Waals surface area contributed by atoms with Crippen LogP contribution in [0.1, 0.15) is 6.92 Å². The minimum Gasteiger partial charge on any atom is -0.348 e. The SMILES string of the molecule is CC(C#N)N(C)c1ccc[nH]1. The number of hydrogen-bond acceptors (Lipinski definition) is 2. The molecular weight excluding hydrogens is 138 g/mol. The van der Waals surface area contributed by atoms with E-state index in [1.54, 1.807) is 0 Å². The van der Waals surface area contributed by atoms with Crippen molar-refractivity contribution >= 4 is 5.82 Å². The molecule has 1 heterocycles. The molecule has 0 aliphatic carbocycles. The first-order valence-electron chi connectivity index (χ1n) is 3.51. The molecular formula is C8H11N3. The van der Waals surface area contributed by atoms with Gasteiger partial charge < -0.3 is 9.88 Å². The van der Waals surface area contributed by atoms with Crippen LogP contribution in [0.25, 0.3) is 0 Å². The van der Waals surface area contributed by atoms with Crippen LogP contribution in [0.3, 0.4) is 0 Å². The van der Waals surface area contributed by atoms with Gasteiger partial charge in [0, 0.05) is 13.2 Å². The van der Waals surface area contributed by atoms with Crippen LogP contribution in [0.15, 0.2) is 18.3 Å². The highest BCUT2D eigenvalue weighted by atomic mass is 15.2. The molecule has 1 rings (SSSR count). The van der Waals surface area contributed by atoms with E-state index in [4.69, 9.17) is 5.26 Å².